The Morgan fingerprint density at radius 3 is 2.15 bits per heavy atom. The summed E-state index contributed by atoms with van der Waals surface area (Å²) in [5, 5.41) is 11.7. The zero-order chi connectivity index (χ0) is 15.3. The molecule has 0 aromatic heterocycles. The van der Waals surface area contributed by atoms with Gasteiger partial charge in [0, 0.05) is 13.1 Å². The monoisotopic (exact) mass is 290 g/mol. The van der Waals surface area contributed by atoms with Crippen molar-refractivity contribution in [1.82, 2.24) is 10.2 Å². The van der Waals surface area contributed by atoms with Crippen molar-refractivity contribution < 1.29 is 23.1 Å². The fourth-order valence-electron chi connectivity index (χ4n) is 1.76. The normalized spacial score (nSPS) is 12.1. The van der Waals surface area contributed by atoms with Crippen molar-refractivity contribution >= 4 is 6.03 Å². The topological polar surface area (TPSA) is 52.6 Å². The number of aliphatic hydroxyl groups excluding tert-OH is 1. The Hall–Kier alpha value is -1.76. The van der Waals surface area contributed by atoms with Crippen LogP contribution in [0.5, 0.6) is 0 Å². The molecule has 0 saturated heterocycles. The fourth-order valence-corrected chi connectivity index (χ4v) is 1.76. The molecule has 2 N–H and O–H groups in total. The van der Waals surface area contributed by atoms with E-state index in [1.165, 1.54) is 4.90 Å². The number of benzene rings is 1. The molecule has 112 valence electrons. The zero-order valence-electron chi connectivity index (χ0n) is 11.3. The molecule has 1 atom stereocenters. The third-order valence-corrected chi connectivity index (χ3v) is 2.94. The van der Waals surface area contributed by atoms with Crippen LogP contribution in [-0.4, -0.2) is 35.7 Å². The number of hydrogen-bond acceptors (Lipinski definition) is 2. The number of hydrogen-bond donors (Lipinski definition) is 2. The van der Waals surface area contributed by atoms with E-state index in [1.807, 2.05) is 0 Å². The van der Waals surface area contributed by atoms with Gasteiger partial charge in [-0.1, -0.05) is 0 Å². The van der Waals surface area contributed by atoms with E-state index in [0.29, 0.717) is 13.1 Å². The molecular weight excluding hydrogens is 273 g/mol. The molecule has 4 nitrogen and oxygen atoms in total. The average molecular weight is 290 g/mol. The molecule has 20 heavy (non-hydrogen) atoms. The lowest BCUT2D eigenvalue weighted by atomic mass is 10.1. The van der Waals surface area contributed by atoms with Gasteiger partial charge in [0.2, 0.25) is 0 Å². The summed E-state index contributed by atoms with van der Waals surface area (Å²) >= 11 is 0. The van der Waals surface area contributed by atoms with Crippen LogP contribution >= 0.6 is 0 Å². The minimum absolute atomic E-state index is 0.0376. The van der Waals surface area contributed by atoms with Gasteiger partial charge in [-0.3, -0.25) is 0 Å². The lowest BCUT2D eigenvalue weighted by Gasteiger charge is -2.24. The highest BCUT2D eigenvalue weighted by Gasteiger charge is 2.20. The summed E-state index contributed by atoms with van der Waals surface area (Å²) in [5.41, 5.74) is -0.0376. The maximum absolute atomic E-state index is 13.1. The second kappa shape index (κ2) is 7.14. The molecule has 1 unspecified atom stereocenters. The largest absolute Gasteiger partial charge is 0.394 e. The highest BCUT2D eigenvalue weighted by molar-refractivity contribution is 5.74. The van der Waals surface area contributed by atoms with Gasteiger partial charge in [0.1, 0.15) is 0 Å². The van der Waals surface area contributed by atoms with Crippen molar-refractivity contribution in [2.75, 3.05) is 19.7 Å². The zero-order valence-corrected chi connectivity index (χ0v) is 11.3. The highest BCUT2D eigenvalue weighted by Crippen LogP contribution is 2.19. The Morgan fingerprint density at radius 2 is 1.75 bits per heavy atom. The van der Waals surface area contributed by atoms with Crippen LogP contribution in [0.15, 0.2) is 12.1 Å². The number of amides is 2. The standard InChI is InChI=1S/C13H17F3N2O2/c1-3-18(4-2)13(20)17-11(7-19)8-5-9(14)12(16)10(15)6-8/h5-6,11,19H,3-4,7H2,1-2H3,(H,17,20). The first-order valence-corrected chi connectivity index (χ1v) is 6.25. The average Bonchev–Trinajstić information content (AvgIpc) is 2.42. The first-order valence-electron chi connectivity index (χ1n) is 6.25. The number of carbonyl (C=O) groups is 1. The molecule has 0 bridgehead atoms. The Kier molecular flexibility index (Phi) is 5.82. The summed E-state index contributed by atoms with van der Waals surface area (Å²) in [6.45, 7) is 3.89. The van der Waals surface area contributed by atoms with Gasteiger partial charge in [-0.2, -0.15) is 0 Å². The first kappa shape index (κ1) is 16.3. The van der Waals surface area contributed by atoms with E-state index in [2.05, 4.69) is 5.32 Å². The fraction of sp³-hybridized carbons (Fsp3) is 0.462. The minimum Gasteiger partial charge on any atom is -0.394 e. The summed E-state index contributed by atoms with van der Waals surface area (Å²) < 4.78 is 39.2. The molecule has 0 radical (unpaired) electrons. The lowest BCUT2D eigenvalue weighted by molar-refractivity contribution is 0.186. The Bertz CT molecular complexity index is 456. The maximum Gasteiger partial charge on any atom is 0.317 e. The van der Waals surface area contributed by atoms with Crippen LogP contribution in [0, 0.1) is 17.5 Å². The number of carbonyl (C=O) groups excluding carboxylic acids is 1. The SMILES string of the molecule is CCN(CC)C(=O)NC(CO)c1cc(F)c(F)c(F)c1. The quantitative estimate of drug-likeness (QED) is 0.817. The Balaban J connectivity index is 2.94. The maximum atomic E-state index is 13.1. The van der Waals surface area contributed by atoms with Crippen molar-refractivity contribution in [2.45, 2.75) is 19.9 Å². The summed E-state index contributed by atoms with van der Waals surface area (Å²) in [5.74, 6) is -4.31. The minimum atomic E-state index is -1.58. The molecule has 1 aromatic rings. The predicted octanol–water partition coefficient (Wildman–Crippen LogP) is 2.19. The molecule has 0 aliphatic rings. The van der Waals surface area contributed by atoms with Crippen LogP contribution in [0.25, 0.3) is 0 Å². The van der Waals surface area contributed by atoms with Gasteiger partial charge in [-0.05, 0) is 31.5 Å². The van der Waals surface area contributed by atoms with Gasteiger partial charge in [-0.25, -0.2) is 18.0 Å². The summed E-state index contributed by atoms with van der Waals surface area (Å²) in [6.07, 6.45) is 0. The Labute approximate surface area is 115 Å². The molecule has 1 aromatic carbocycles. The molecule has 2 amide bonds. The predicted molar refractivity (Wildman–Crippen MR) is 67.6 cm³/mol. The van der Waals surface area contributed by atoms with E-state index in [9.17, 15) is 23.1 Å². The van der Waals surface area contributed by atoms with Crippen LogP contribution in [0.3, 0.4) is 0 Å². The van der Waals surface area contributed by atoms with E-state index >= 15 is 0 Å². The lowest BCUT2D eigenvalue weighted by Crippen LogP contribution is -2.42. The van der Waals surface area contributed by atoms with E-state index < -0.39 is 36.1 Å². The van der Waals surface area contributed by atoms with Gasteiger partial charge in [0.15, 0.2) is 17.5 Å². The van der Waals surface area contributed by atoms with Gasteiger partial charge < -0.3 is 15.3 Å². The van der Waals surface area contributed by atoms with Crippen molar-refractivity contribution in [3.05, 3.63) is 35.1 Å². The molecule has 0 aliphatic carbocycles. The smallest absolute Gasteiger partial charge is 0.317 e. The van der Waals surface area contributed by atoms with Crippen LogP contribution in [-0.2, 0) is 0 Å². The molecular formula is C13H17F3N2O2. The van der Waals surface area contributed by atoms with Crippen molar-refractivity contribution in [2.24, 2.45) is 0 Å². The summed E-state index contributed by atoms with van der Waals surface area (Å²) in [4.78, 5) is 13.3. The summed E-state index contributed by atoms with van der Waals surface area (Å²) in [6, 6.07) is 0.0239. The van der Waals surface area contributed by atoms with Gasteiger partial charge in [-0.15, -0.1) is 0 Å². The number of urea groups is 1. The second-order valence-electron chi connectivity index (χ2n) is 4.16. The molecule has 0 fully saturated rings. The van der Waals surface area contributed by atoms with Gasteiger partial charge in [0.25, 0.3) is 0 Å². The number of nitrogens with one attached hydrogen (secondary N) is 1. The van der Waals surface area contributed by atoms with Gasteiger partial charge in [0.05, 0.1) is 12.6 Å². The molecule has 0 spiro atoms. The first-order chi connectivity index (χ1) is 9.44. The molecule has 0 aliphatic heterocycles. The number of halogens is 3. The van der Waals surface area contributed by atoms with Crippen LogP contribution in [0.2, 0.25) is 0 Å². The van der Waals surface area contributed by atoms with Crippen molar-refractivity contribution in [3.63, 3.8) is 0 Å². The second-order valence-corrected chi connectivity index (χ2v) is 4.16. The number of nitrogens with zero attached hydrogens (tertiary/aromatic N) is 1. The van der Waals surface area contributed by atoms with Crippen molar-refractivity contribution in [1.29, 1.82) is 0 Å². The molecule has 1 rings (SSSR count). The summed E-state index contributed by atoms with van der Waals surface area (Å²) in [7, 11) is 0. The number of aliphatic hydroxyl groups is 1. The van der Waals surface area contributed by atoms with Crippen LogP contribution in [0.1, 0.15) is 25.5 Å². The van der Waals surface area contributed by atoms with Crippen molar-refractivity contribution in [3.8, 4) is 0 Å². The van der Waals surface area contributed by atoms with E-state index in [0.717, 1.165) is 12.1 Å². The highest BCUT2D eigenvalue weighted by atomic mass is 19.2. The Morgan fingerprint density at radius 1 is 1.25 bits per heavy atom. The van der Waals surface area contributed by atoms with Crippen LogP contribution in [0.4, 0.5) is 18.0 Å². The van der Waals surface area contributed by atoms with E-state index in [1.54, 1.807) is 13.8 Å². The van der Waals surface area contributed by atoms with Gasteiger partial charge >= 0.3 is 6.03 Å². The third kappa shape index (κ3) is 3.63. The molecule has 7 heteroatoms. The van der Waals surface area contributed by atoms with E-state index in [4.69, 9.17) is 0 Å². The molecule has 0 heterocycles. The molecule has 0 saturated carbocycles. The van der Waals surface area contributed by atoms with E-state index in [-0.39, 0.29) is 5.56 Å². The van der Waals surface area contributed by atoms with Crippen LogP contribution < -0.4 is 5.32 Å². The third-order valence-electron chi connectivity index (χ3n) is 2.94. The number of rotatable bonds is 5.